The maximum atomic E-state index is 12.5. The maximum absolute atomic E-state index is 12.5. The van der Waals surface area contributed by atoms with E-state index in [1.54, 1.807) is 0 Å². The molecule has 1 aliphatic carbocycles. The first-order chi connectivity index (χ1) is 4.32. The molecule has 3 atom stereocenters. The highest BCUT2D eigenvalue weighted by Crippen LogP contribution is 2.55. The van der Waals surface area contributed by atoms with Crippen LogP contribution in [0.2, 0.25) is 0 Å². The van der Waals surface area contributed by atoms with E-state index in [1.807, 2.05) is 0 Å². The van der Waals surface area contributed by atoms with E-state index in [2.05, 4.69) is 0 Å². The zero-order valence-electron chi connectivity index (χ0n) is 5.67. The number of hydrogen-bond donors (Lipinski definition) is 0. The summed E-state index contributed by atoms with van der Waals surface area (Å²) in [6, 6.07) is 0. The van der Waals surface area contributed by atoms with Crippen molar-refractivity contribution >= 4 is 0 Å². The van der Waals surface area contributed by atoms with Crippen molar-refractivity contribution in [3.8, 4) is 0 Å². The molecule has 3 unspecified atom stereocenters. The van der Waals surface area contributed by atoms with Gasteiger partial charge in [0, 0.05) is 0 Å². The summed E-state index contributed by atoms with van der Waals surface area (Å²) in [5.74, 6) is -4.98. The smallest absolute Gasteiger partial charge is 0.243 e. The highest BCUT2D eigenvalue weighted by molar-refractivity contribution is 5.12. The lowest BCUT2D eigenvalue weighted by molar-refractivity contribution is -0.285. The SMILES string of the molecule is CC1C(F)C(C)(F)C1(F)F. The summed E-state index contributed by atoms with van der Waals surface area (Å²) in [5, 5.41) is 0. The molecule has 0 amide bonds. The molecule has 0 nitrogen and oxygen atoms in total. The lowest BCUT2D eigenvalue weighted by atomic mass is 9.68. The summed E-state index contributed by atoms with van der Waals surface area (Å²) >= 11 is 0. The van der Waals surface area contributed by atoms with Gasteiger partial charge in [0.2, 0.25) is 5.67 Å². The van der Waals surface area contributed by atoms with Crippen LogP contribution in [-0.2, 0) is 0 Å². The first kappa shape index (κ1) is 7.82. The van der Waals surface area contributed by atoms with E-state index in [1.165, 1.54) is 0 Å². The van der Waals surface area contributed by atoms with Crippen LogP contribution in [0.1, 0.15) is 13.8 Å². The molecule has 60 valence electrons. The van der Waals surface area contributed by atoms with Gasteiger partial charge in [-0.1, -0.05) is 6.92 Å². The second kappa shape index (κ2) is 1.66. The van der Waals surface area contributed by atoms with Crippen LogP contribution >= 0.6 is 0 Å². The monoisotopic (exact) mass is 156 g/mol. The predicted octanol–water partition coefficient (Wildman–Crippen LogP) is 2.34. The van der Waals surface area contributed by atoms with Crippen molar-refractivity contribution in [2.75, 3.05) is 0 Å². The van der Waals surface area contributed by atoms with Crippen molar-refractivity contribution in [3.63, 3.8) is 0 Å². The summed E-state index contributed by atoms with van der Waals surface area (Å²) in [6.45, 7) is 1.60. The molecule has 0 spiro atoms. The fourth-order valence-corrected chi connectivity index (χ4v) is 1.19. The van der Waals surface area contributed by atoms with E-state index in [-0.39, 0.29) is 0 Å². The molecule has 1 aliphatic rings. The minimum atomic E-state index is -3.49. The Morgan fingerprint density at radius 3 is 1.70 bits per heavy atom. The molecule has 0 aromatic carbocycles. The van der Waals surface area contributed by atoms with Gasteiger partial charge in [0.1, 0.15) is 6.17 Å². The van der Waals surface area contributed by atoms with E-state index in [4.69, 9.17) is 0 Å². The molecule has 1 rings (SSSR count). The normalized spacial score (nSPS) is 52.2. The number of halogens is 4. The van der Waals surface area contributed by atoms with Crippen molar-refractivity contribution in [2.24, 2.45) is 5.92 Å². The minimum absolute atomic E-state index is 0.595. The van der Waals surface area contributed by atoms with Crippen LogP contribution in [0.15, 0.2) is 0 Å². The van der Waals surface area contributed by atoms with Crippen LogP contribution in [0.3, 0.4) is 0 Å². The fraction of sp³-hybridized carbons (Fsp3) is 1.00. The van der Waals surface area contributed by atoms with Crippen molar-refractivity contribution in [1.82, 2.24) is 0 Å². The summed E-state index contributed by atoms with van der Waals surface area (Å²) in [6.07, 6.45) is -2.03. The number of alkyl halides is 4. The van der Waals surface area contributed by atoms with Gasteiger partial charge in [-0.2, -0.15) is 0 Å². The van der Waals surface area contributed by atoms with Crippen LogP contribution in [0, 0.1) is 5.92 Å². The standard InChI is InChI=1S/C6H8F4/c1-3-4(7)5(2,8)6(3,9)10/h3-4H,1-2H3. The van der Waals surface area contributed by atoms with Crippen LogP contribution in [0.5, 0.6) is 0 Å². The summed E-state index contributed by atoms with van der Waals surface area (Å²) in [4.78, 5) is 0. The number of hydrogen-bond acceptors (Lipinski definition) is 0. The van der Waals surface area contributed by atoms with E-state index in [0.717, 1.165) is 6.92 Å². The molecule has 1 saturated carbocycles. The number of rotatable bonds is 0. The first-order valence-corrected chi connectivity index (χ1v) is 3.02. The first-order valence-electron chi connectivity index (χ1n) is 3.02. The fourth-order valence-electron chi connectivity index (χ4n) is 1.19. The average Bonchev–Trinajstić information content (AvgIpc) is 1.84. The third kappa shape index (κ3) is 0.571. The molecule has 0 heterocycles. The molecule has 0 N–H and O–H groups in total. The summed E-state index contributed by atoms with van der Waals surface area (Å²) in [7, 11) is 0. The minimum Gasteiger partial charge on any atom is -0.243 e. The Kier molecular flexibility index (Phi) is 1.29. The van der Waals surface area contributed by atoms with Crippen LogP contribution < -0.4 is 0 Å². The second-order valence-electron chi connectivity index (χ2n) is 2.89. The molecule has 0 saturated heterocycles. The van der Waals surface area contributed by atoms with Gasteiger partial charge < -0.3 is 0 Å². The zero-order chi connectivity index (χ0) is 8.15. The Labute approximate surface area is 56.2 Å². The summed E-state index contributed by atoms with van der Waals surface area (Å²) < 4.78 is 49.5. The maximum Gasteiger partial charge on any atom is 0.289 e. The summed E-state index contributed by atoms with van der Waals surface area (Å²) in [5.41, 5.74) is -2.95. The molecule has 4 heteroatoms. The van der Waals surface area contributed by atoms with Gasteiger partial charge >= 0.3 is 0 Å². The van der Waals surface area contributed by atoms with Gasteiger partial charge in [0.05, 0.1) is 5.92 Å². The van der Waals surface area contributed by atoms with Crippen LogP contribution in [-0.4, -0.2) is 17.8 Å². The van der Waals surface area contributed by atoms with Crippen molar-refractivity contribution < 1.29 is 17.6 Å². The Hall–Kier alpha value is -0.280. The molecule has 10 heavy (non-hydrogen) atoms. The Morgan fingerprint density at radius 1 is 1.20 bits per heavy atom. The highest BCUT2D eigenvalue weighted by atomic mass is 19.3. The van der Waals surface area contributed by atoms with Crippen molar-refractivity contribution in [2.45, 2.75) is 31.6 Å². The highest BCUT2D eigenvalue weighted by Gasteiger charge is 2.73. The molecular formula is C6H8F4. The lowest BCUT2D eigenvalue weighted by Crippen LogP contribution is -2.68. The van der Waals surface area contributed by atoms with Crippen LogP contribution in [0.4, 0.5) is 17.6 Å². The van der Waals surface area contributed by atoms with Gasteiger partial charge in [0.15, 0.2) is 0 Å². The Balaban J connectivity index is 2.82. The quantitative estimate of drug-likeness (QED) is 0.472. The Morgan fingerprint density at radius 2 is 1.60 bits per heavy atom. The average molecular weight is 156 g/mol. The third-order valence-corrected chi connectivity index (χ3v) is 2.18. The van der Waals surface area contributed by atoms with E-state index in [0.29, 0.717) is 6.92 Å². The van der Waals surface area contributed by atoms with Gasteiger partial charge in [-0.05, 0) is 6.92 Å². The van der Waals surface area contributed by atoms with Gasteiger partial charge in [-0.15, -0.1) is 0 Å². The molecule has 1 fully saturated rings. The zero-order valence-corrected chi connectivity index (χ0v) is 5.67. The van der Waals surface area contributed by atoms with Crippen molar-refractivity contribution in [3.05, 3.63) is 0 Å². The molecule has 0 aromatic heterocycles. The van der Waals surface area contributed by atoms with Gasteiger partial charge in [-0.3, -0.25) is 0 Å². The second-order valence-corrected chi connectivity index (χ2v) is 2.89. The van der Waals surface area contributed by atoms with Gasteiger partial charge in [-0.25, -0.2) is 17.6 Å². The van der Waals surface area contributed by atoms with E-state index >= 15 is 0 Å². The van der Waals surface area contributed by atoms with E-state index < -0.39 is 23.7 Å². The lowest BCUT2D eigenvalue weighted by Gasteiger charge is -2.48. The molecular weight excluding hydrogens is 148 g/mol. The van der Waals surface area contributed by atoms with E-state index in [9.17, 15) is 17.6 Å². The van der Waals surface area contributed by atoms with Crippen LogP contribution in [0.25, 0.3) is 0 Å². The molecule has 0 bridgehead atoms. The largest absolute Gasteiger partial charge is 0.289 e. The molecule has 0 aromatic rings. The van der Waals surface area contributed by atoms with Crippen molar-refractivity contribution in [1.29, 1.82) is 0 Å². The Bertz CT molecular complexity index is 134. The molecule has 0 radical (unpaired) electrons. The third-order valence-electron chi connectivity index (χ3n) is 2.18. The van der Waals surface area contributed by atoms with Gasteiger partial charge in [0.25, 0.3) is 5.92 Å². The predicted molar refractivity (Wildman–Crippen MR) is 28.5 cm³/mol. The topological polar surface area (TPSA) is 0 Å². The molecule has 0 aliphatic heterocycles.